The van der Waals surface area contributed by atoms with Crippen molar-refractivity contribution in [3.63, 3.8) is 0 Å². The van der Waals surface area contributed by atoms with Crippen molar-refractivity contribution < 1.29 is 8.42 Å². The lowest BCUT2D eigenvalue weighted by atomic mass is 10.1. The quantitative estimate of drug-likeness (QED) is 0.810. The Hall–Kier alpha value is -1.11. The number of rotatable bonds is 3. The van der Waals surface area contributed by atoms with Crippen molar-refractivity contribution in [2.75, 3.05) is 0 Å². The summed E-state index contributed by atoms with van der Waals surface area (Å²) in [4.78, 5) is 0. The monoisotopic (exact) mass is 331 g/mol. The van der Waals surface area contributed by atoms with E-state index in [1.54, 1.807) is 10.6 Å². The second-order valence-corrected chi connectivity index (χ2v) is 7.70. The zero-order chi connectivity index (χ0) is 14.5. The first-order valence-electron chi connectivity index (χ1n) is 6.04. The van der Waals surface area contributed by atoms with Crippen molar-refractivity contribution in [1.29, 1.82) is 0 Å². The number of nitrogens with zero attached hydrogens (tertiary/aromatic N) is 3. The molecule has 0 unspecified atom stereocenters. The summed E-state index contributed by atoms with van der Waals surface area (Å²) in [7, 11) is 1.49. The van der Waals surface area contributed by atoms with Gasteiger partial charge in [-0.1, -0.05) is 17.7 Å². The molecule has 2 aromatic rings. The van der Waals surface area contributed by atoms with E-state index >= 15 is 0 Å². The van der Waals surface area contributed by atoms with E-state index in [0.717, 1.165) is 18.4 Å². The van der Waals surface area contributed by atoms with E-state index in [9.17, 15) is 8.42 Å². The van der Waals surface area contributed by atoms with Crippen LogP contribution in [0, 0.1) is 6.92 Å². The van der Waals surface area contributed by atoms with Crippen LogP contribution in [0.1, 0.15) is 24.4 Å². The molecule has 1 aliphatic rings. The molecule has 0 saturated heterocycles. The molecular weight excluding hydrogens is 321 g/mol. The number of hydrogen-bond donors (Lipinski definition) is 0. The first-order chi connectivity index (χ1) is 9.38. The molecule has 1 heterocycles. The molecular formula is C12H11Cl2N3O2S. The van der Waals surface area contributed by atoms with Crippen LogP contribution in [-0.2, 0) is 9.05 Å². The van der Waals surface area contributed by atoms with E-state index in [4.69, 9.17) is 22.3 Å². The van der Waals surface area contributed by atoms with Crippen LogP contribution in [0.15, 0.2) is 23.4 Å². The third-order valence-electron chi connectivity index (χ3n) is 3.16. The Morgan fingerprint density at radius 3 is 2.55 bits per heavy atom. The molecule has 0 bridgehead atoms. The molecule has 0 amide bonds. The van der Waals surface area contributed by atoms with Crippen LogP contribution >= 0.6 is 22.3 Å². The van der Waals surface area contributed by atoms with Crippen LogP contribution in [0.25, 0.3) is 11.4 Å². The molecule has 0 radical (unpaired) electrons. The van der Waals surface area contributed by atoms with Crippen molar-refractivity contribution in [2.24, 2.45) is 0 Å². The topological polar surface area (TPSA) is 64.8 Å². The largest absolute Gasteiger partial charge is 0.296 e. The van der Waals surface area contributed by atoms with Crippen molar-refractivity contribution in [3.8, 4) is 11.4 Å². The predicted octanol–water partition coefficient (Wildman–Crippen LogP) is 3.17. The van der Waals surface area contributed by atoms with Gasteiger partial charge in [-0.2, -0.15) is 0 Å². The van der Waals surface area contributed by atoms with E-state index in [-0.39, 0.29) is 11.2 Å². The number of aryl methyl sites for hydroxylation is 1. The highest BCUT2D eigenvalue weighted by Gasteiger charge is 2.34. The smallest absolute Gasteiger partial charge is 0.294 e. The molecule has 3 rings (SSSR count). The lowest BCUT2D eigenvalue weighted by Crippen LogP contribution is -2.06. The fourth-order valence-electron chi connectivity index (χ4n) is 2.09. The summed E-state index contributed by atoms with van der Waals surface area (Å²) in [5.41, 5.74) is 1.67. The van der Waals surface area contributed by atoms with Crippen molar-refractivity contribution in [1.82, 2.24) is 14.8 Å². The molecule has 0 spiro atoms. The van der Waals surface area contributed by atoms with Crippen molar-refractivity contribution in [2.45, 2.75) is 31.0 Å². The van der Waals surface area contributed by atoms with Gasteiger partial charge in [0, 0.05) is 22.3 Å². The maximum Gasteiger partial charge on any atom is 0.296 e. The second kappa shape index (κ2) is 4.72. The summed E-state index contributed by atoms with van der Waals surface area (Å²) < 4.78 is 24.7. The zero-order valence-electron chi connectivity index (χ0n) is 10.5. The summed E-state index contributed by atoms with van der Waals surface area (Å²) in [5.74, 6) is 0.441. The Morgan fingerprint density at radius 2 is 2.00 bits per heavy atom. The summed E-state index contributed by atoms with van der Waals surface area (Å²) in [6.07, 6.45) is 1.77. The van der Waals surface area contributed by atoms with Gasteiger partial charge in [-0.3, -0.25) is 4.57 Å². The summed E-state index contributed by atoms with van der Waals surface area (Å²) in [5, 5.41) is 7.99. The SMILES string of the molecule is Cc1ccc(-c2nnc(S(=O)(=O)Cl)n2C2CC2)c(Cl)c1. The molecule has 1 aromatic heterocycles. The minimum absolute atomic E-state index is 0.0703. The van der Waals surface area contributed by atoms with Crippen LogP contribution in [0.5, 0.6) is 0 Å². The maximum atomic E-state index is 11.6. The van der Waals surface area contributed by atoms with E-state index in [1.807, 2.05) is 19.1 Å². The zero-order valence-corrected chi connectivity index (χ0v) is 12.9. The molecule has 0 aliphatic heterocycles. The predicted molar refractivity (Wildman–Crippen MR) is 76.5 cm³/mol. The highest BCUT2D eigenvalue weighted by atomic mass is 35.7. The number of halogens is 2. The minimum Gasteiger partial charge on any atom is -0.294 e. The van der Waals surface area contributed by atoms with Gasteiger partial charge in [0.1, 0.15) is 0 Å². The molecule has 1 saturated carbocycles. The van der Waals surface area contributed by atoms with Crippen LogP contribution in [0.4, 0.5) is 0 Å². The summed E-state index contributed by atoms with van der Waals surface area (Å²) in [6, 6.07) is 5.58. The van der Waals surface area contributed by atoms with Gasteiger partial charge < -0.3 is 0 Å². The first-order valence-corrected chi connectivity index (χ1v) is 8.73. The Balaban J connectivity index is 2.22. The van der Waals surface area contributed by atoms with Gasteiger partial charge >= 0.3 is 0 Å². The standard InChI is InChI=1S/C12H11Cl2N3O2S/c1-7-2-5-9(10(13)6-7)11-15-16-12(20(14,18)19)17(11)8-3-4-8/h2,5-6,8H,3-4H2,1H3. The molecule has 20 heavy (non-hydrogen) atoms. The second-order valence-electron chi connectivity index (χ2n) is 4.83. The van der Waals surface area contributed by atoms with Crippen LogP contribution < -0.4 is 0 Å². The average molecular weight is 332 g/mol. The fraction of sp³-hybridized carbons (Fsp3) is 0.333. The Morgan fingerprint density at radius 1 is 1.30 bits per heavy atom. The lowest BCUT2D eigenvalue weighted by Gasteiger charge is -2.09. The Bertz CT molecular complexity index is 782. The van der Waals surface area contributed by atoms with E-state index in [1.165, 1.54) is 0 Å². The maximum absolute atomic E-state index is 11.6. The third kappa shape index (κ3) is 2.43. The van der Waals surface area contributed by atoms with Gasteiger partial charge in [0.25, 0.3) is 14.2 Å². The van der Waals surface area contributed by atoms with Gasteiger partial charge in [-0.15, -0.1) is 10.2 Å². The molecule has 5 nitrogen and oxygen atoms in total. The van der Waals surface area contributed by atoms with Crippen LogP contribution in [0.3, 0.4) is 0 Å². The van der Waals surface area contributed by atoms with Crippen molar-refractivity contribution >= 4 is 31.3 Å². The van der Waals surface area contributed by atoms with E-state index < -0.39 is 9.05 Å². The summed E-state index contributed by atoms with van der Waals surface area (Å²) >= 11 is 6.22. The van der Waals surface area contributed by atoms with Crippen LogP contribution in [-0.4, -0.2) is 23.2 Å². The van der Waals surface area contributed by atoms with Gasteiger partial charge in [-0.25, -0.2) is 8.42 Å². The minimum atomic E-state index is -3.93. The third-order valence-corrected chi connectivity index (χ3v) is 4.60. The summed E-state index contributed by atoms with van der Waals surface area (Å²) in [6.45, 7) is 1.93. The van der Waals surface area contributed by atoms with Gasteiger partial charge in [0.15, 0.2) is 5.82 Å². The van der Waals surface area contributed by atoms with Gasteiger partial charge in [-0.05, 0) is 37.5 Å². The van der Waals surface area contributed by atoms with E-state index in [0.29, 0.717) is 16.4 Å². The molecule has 1 aromatic carbocycles. The highest BCUT2D eigenvalue weighted by Crippen LogP contribution is 2.41. The fourth-order valence-corrected chi connectivity index (χ4v) is 3.33. The Kier molecular flexibility index (Phi) is 3.27. The first kappa shape index (κ1) is 13.9. The van der Waals surface area contributed by atoms with Crippen molar-refractivity contribution in [3.05, 3.63) is 28.8 Å². The lowest BCUT2D eigenvalue weighted by molar-refractivity contribution is 0.579. The molecule has 0 atom stereocenters. The number of aromatic nitrogens is 3. The van der Waals surface area contributed by atoms with Gasteiger partial charge in [0.2, 0.25) is 0 Å². The average Bonchev–Trinajstić information content (AvgIpc) is 3.07. The normalized spacial score (nSPS) is 15.6. The highest BCUT2D eigenvalue weighted by molar-refractivity contribution is 8.13. The Labute approximate surface area is 126 Å². The number of benzene rings is 1. The van der Waals surface area contributed by atoms with Gasteiger partial charge in [0.05, 0.1) is 5.02 Å². The molecule has 1 fully saturated rings. The molecule has 8 heteroatoms. The molecule has 106 valence electrons. The van der Waals surface area contributed by atoms with Crippen LogP contribution in [0.2, 0.25) is 5.02 Å². The number of hydrogen-bond acceptors (Lipinski definition) is 4. The molecule has 1 aliphatic carbocycles. The molecule has 0 N–H and O–H groups in total. The van der Waals surface area contributed by atoms with E-state index in [2.05, 4.69) is 10.2 Å².